The number of nitro benzene ring substituents is 1. The van der Waals surface area contributed by atoms with Crippen LogP contribution in [0.15, 0.2) is 34.7 Å². The molecule has 0 spiro atoms. The number of furan rings is 1. The van der Waals surface area contributed by atoms with Gasteiger partial charge in [0.2, 0.25) is 5.76 Å². The molecule has 0 amide bonds. The van der Waals surface area contributed by atoms with Gasteiger partial charge in [-0.3, -0.25) is 10.1 Å². The normalized spacial score (nSPS) is 10.1. The van der Waals surface area contributed by atoms with Crippen LogP contribution in [0.5, 0.6) is 17.4 Å². The molecule has 8 heteroatoms. The smallest absolute Gasteiger partial charge is 0.371 e. The van der Waals surface area contributed by atoms with Crippen molar-refractivity contribution < 1.29 is 28.7 Å². The van der Waals surface area contributed by atoms with E-state index in [2.05, 4.69) is 0 Å². The minimum absolute atomic E-state index is 0.0816. The zero-order chi connectivity index (χ0) is 14.7. The number of rotatable bonds is 5. The van der Waals surface area contributed by atoms with Crippen LogP contribution in [-0.4, -0.2) is 23.1 Å². The largest absolute Gasteiger partial charge is 0.490 e. The number of nitrogens with zero attached hydrogens (tertiary/aromatic N) is 1. The summed E-state index contributed by atoms with van der Waals surface area (Å²) in [6.45, 7) is 0. The van der Waals surface area contributed by atoms with Crippen LogP contribution in [0.25, 0.3) is 0 Å². The fraction of sp³-hybridized carbons (Fsp3) is 0.0833. The molecule has 0 bridgehead atoms. The fourth-order valence-electron chi connectivity index (χ4n) is 1.48. The van der Waals surface area contributed by atoms with Crippen LogP contribution in [0.4, 0.5) is 5.69 Å². The van der Waals surface area contributed by atoms with Crippen LogP contribution in [0.3, 0.4) is 0 Å². The number of ether oxygens (including phenoxy) is 2. The summed E-state index contributed by atoms with van der Waals surface area (Å²) in [6, 6.07) is 6.49. The van der Waals surface area contributed by atoms with Crippen LogP contribution in [-0.2, 0) is 0 Å². The van der Waals surface area contributed by atoms with Crippen molar-refractivity contribution >= 4 is 11.7 Å². The first-order chi connectivity index (χ1) is 9.51. The van der Waals surface area contributed by atoms with Gasteiger partial charge in [0, 0.05) is 6.07 Å². The predicted octanol–water partition coefficient (Wildman–Crippen LogP) is 2.69. The van der Waals surface area contributed by atoms with Gasteiger partial charge in [-0.25, -0.2) is 4.79 Å². The van der Waals surface area contributed by atoms with E-state index >= 15 is 0 Å². The average molecular weight is 279 g/mol. The molecule has 0 aliphatic rings. The Morgan fingerprint density at radius 3 is 2.65 bits per heavy atom. The molecule has 1 heterocycles. The number of nitro groups is 1. The second-order valence-corrected chi connectivity index (χ2v) is 3.62. The lowest BCUT2D eigenvalue weighted by molar-refractivity contribution is -0.385. The third kappa shape index (κ3) is 2.69. The van der Waals surface area contributed by atoms with Crippen molar-refractivity contribution in [3.8, 4) is 17.4 Å². The Bertz CT molecular complexity index is 662. The first-order valence-electron chi connectivity index (χ1n) is 5.34. The van der Waals surface area contributed by atoms with Gasteiger partial charge in [-0.1, -0.05) is 0 Å². The van der Waals surface area contributed by atoms with Gasteiger partial charge in [-0.15, -0.1) is 0 Å². The zero-order valence-corrected chi connectivity index (χ0v) is 10.2. The topological polar surface area (TPSA) is 112 Å². The summed E-state index contributed by atoms with van der Waals surface area (Å²) < 4.78 is 14.9. The summed E-state index contributed by atoms with van der Waals surface area (Å²) in [4.78, 5) is 20.9. The number of methoxy groups -OCH3 is 1. The number of carboxylic acids is 1. The molecule has 1 aromatic carbocycles. The molecule has 0 unspecified atom stereocenters. The van der Waals surface area contributed by atoms with Gasteiger partial charge < -0.3 is 19.0 Å². The lowest BCUT2D eigenvalue weighted by Gasteiger charge is -2.04. The molecule has 0 saturated heterocycles. The van der Waals surface area contributed by atoms with Gasteiger partial charge in [-0.2, -0.15) is 0 Å². The van der Waals surface area contributed by atoms with Crippen LogP contribution < -0.4 is 9.47 Å². The lowest BCUT2D eigenvalue weighted by Crippen LogP contribution is -1.94. The number of carboxylic acid groups (broad SMARTS) is 1. The van der Waals surface area contributed by atoms with E-state index in [-0.39, 0.29) is 28.9 Å². The monoisotopic (exact) mass is 279 g/mol. The Labute approximate surface area is 112 Å². The van der Waals surface area contributed by atoms with Crippen molar-refractivity contribution in [2.45, 2.75) is 0 Å². The average Bonchev–Trinajstić information content (AvgIpc) is 2.87. The number of carbonyl (C=O) groups is 1. The Morgan fingerprint density at radius 2 is 2.10 bits per heavy atom. The van der Waals surface area contributed by atoms with Crippen molar-refractivity contribution in [1.29, 1.82) is 0 Å². The van der Waals surface area contributed by atoms with Gasteiger partial charge in [-0.05, 0) is 18.2 Å². The minimum atomic E-state index is -1.24. The van der Waals surface area contributed by atoms with Crippen LogP contribution in [0.1, 0.15) is 10.6 Å². The molecule has 2 rings (SSSR count). The third-order valence-corrected chi connectivity index (χ3v) is 2.36. The highest BCUT2D eigenvalue weighted by Gasteiger charge is 2.17. The maximum atomic E-state index is 10.8. The van der Waals surface area contributed by atoms with Crippen molar-refractivity contribution in [3.63, 3.8) is 0 Å². The molecule has 0 fully saturated rings. The van der Waals surface area contributed by atoms with Crippen molar-refractivity contribution in [2.75, 3.05) is 7.11 Å². The molecule has 104 valence electrons. The van der Waals surface area contributed by atoms with E-state index in [1.807, 2.05) is 0 Å². The molecule has 0 aliphatic carbocycles. The summed E-state index contributed by atoms with van der Waals surface area (Å²) in [7, 11) is 1.31. The second-order valence-electron chi connectivity index (χ2n) is 3.62. The molecular weight excluding hydrogens is 270 g/mol. The quantitative estimate of drug-likeness (QED) is 0.661. The first-order valence-corrected chi connectivity index (χ1v) is 5.34. The van der Waals surface area contributed by atoms with E-state index < -0.39 is 10.9 Å². The maximum absolute atomic E-state index is 10.8. The molecule has 1 aromatic heterocycles. The summed E-state index contributed by atoms with van der Waals surface area (Å²) >= 11 is 0. The third-order valence-electron chi connectivity index (χ3n) is 2.36. The van der Waals surface area contributed by atoms with Crippen molar-refractivity contribution in [3.05, 3.63) is 46.2 Å². The van der Waals surface area contributed by atoms with E-state index in [0.29, 0.717) is 0 Å². The highest BCUT2D eigenvalue weighted by Crippen LogP contribution is 2.33. The number of hydrogen-bond acceptors (Lipinski definition) is 6. The minimum Gasteiger partial charge on any atom is -0.490 e. The predicted molar refractivity (Wildman–Crippen MR) is 65.4 cm³/mol. The lowest BCUT2D eigenvalue weighted by atomic mass is 10.3. The van der Waals surface area contributed by atoms with Crippen molar-refractivity contribution in [1.82, 2.24) is 0 Å². The van der Waals surface area contributed by atoms with Crippen LogP contribution >= 0.6 is 0 Å². The Kier molecular flexibility index (Phi) is 3.56. The van der Waals surface area contributed by atoms with Crippen LogP contribution in [0, 0.1) is 10.1 Å². The van der Waals surface area contributed by atoms with Gasteiger partial charge in [0.25, 0.3) is 5.95 Å². The SMILES string of the molecule is COc1ccc(Oc2ccc(C(=O)O)o2)cc1[N+](=O)[O-]. The number of aromatic carboxylic acids is 1. The highest BCUT2D eigenvalue weighted by molar-refractivity contribution is 5.84. The summed E-state index contributed by atoms with van der Waals surface area (Å²) in [5, 5.41) is 19.5. The standard InChI is InChI=1S/C12H9NO7/c1-18-9-3-2-7(6-8(9)13(16)17)19-11-5-4-10(20-11)12(14)15/h2-6H,1H3,(H,14,15). The maximum Gasteiger partial charge on any atom is 0.371 e. The summed E-state index contributed by atoms with van der Waals surface area (Å²) in [5.74, 6) is -1.39. The van der Waals surface area contributed by atoms with E-state index in [1.165, 1.54) is 31.4 Å². The van der Waals surface area contributed by atoms with E-state index in [1.54, 1.807) is 0 Å². The molecule has 0 radical (unpaired) electrons. The van der Waals surface area contributed by atoms with E-state index in [0.717, 1.165) is 6.07 Å². The summed E-state index contributed by atoms with van der Waals surface area (Å²) in [6.07, 6.45) is 0. The molecule has 0 aliphatic heterocycles. The second kappa shape index (κ2) is 5.31. The zero-order valence-electron chi connectivity index (χ0n) is 10.2. The Balaban J connectivity index is 2.26. The molecule has 0 atom stereocenters. The van der Waals surface area contributed by atoms with E-state index in [4.69, 9.17) is 19.0 Å². The molecule has 8 nitrogen and oxygen atoms in total. The molecular formula is C12H9NO7. The molecule has 1 N–H and O–H groups in total. The fourth-order valence-corrected chi connectivity index (χ4v) is 1.48. The van der Waals surface area contributed by atoms with Gasteiger partial charge in [0.1, 0.15) is 5.75 Å². The van der Waals surface area contributed by atoms with Crippen LogP contribution in [0.2, 0.25) is 0 Å². The molecule has 0 saturated carbocycles. The Hall–Kier alpha value is -3.03. The highest BCUT2D eigenvalue weighted by atomic mass is 16.6. The van der Waals surface area contributed by atoms with Gasteiger partial charge >= 0.3 is 11.7 Å². The van der Waals surface area contributed by atoms with Crippen molar-refractivity contribution in [2.24, 2.45) is 0 Å². The Morgan fingerprint density at radius 1 is 1.35 bits per heavy atom. The molecule has 2 aromatic rings. The summed E-state index contributed by atoms with van der Waals surface area (Å²) in [5.41, 5.74) is -0.269. The van der Waals surface area contributed by atoms with Gasteiger partial charge in [0.05, 0.1) is 18.1 Å². The number of hydrogen-bond donors (Lipinski definition) is 1. The van der Waals surface area contributed by atoms with E-state index in [9.17, 15) is 14.9 Å². The first kappa shape index (κ1) is 13.4. The molecule has 20 heavy (non-hydrogen) atoms. The number of benzene rings is 1. The van der Waals surface area contributed by atoms with Gasteiger partial charge in [0.15, 0.2) is 5.75 Å².